The molecule has 0 unspecified atom stereocenters. The number of halogens is 1. The van der Waals surface area contributed by atoms with Crippen LogP contribution in [0.5, 0.6) is 0 Å². The molecule has 40 heavy (non-hydrogen) atoms. The molecule has 0 spiro atoms. The van der Waals surface area contributed by atoms with E-state index in [1.807, 2.05) is 6.08 Å². The summed E-state index contributed by atoms with van der Waals surface area (Å²) >= 11 is 5.68. The molecule has 0 aromatic carbocycles. The van der Waals surface area contributed by atoms with E-state index in [9.17, 15) is 14.4 Å². The molecule has 9 heteroatoms. The summed E-state index contributed by atoms with van der Waals surface area (Å²) in [5.74, 6) is -0.789. The average Bonchev–Trinajstić information content (AvgIpc) is 2.94. The lowest BCUT2D eigenvalue weighted by Crippen LogP contribution is -2.38. The van der Waals surface area contributed by atoms with E-state index < -0.39 is 18.0 Å². The molecule has 0 aromatic heterocycles. The van der Waals surface area contributed by atoms with E-state index in [1.54, 1.807) is 6.08 Å². The summed E-state index contributed by atoms with van der Waals surface area (Å²) in [5.41, 5.74) is 0.985. The first kappa shape index (κ1) is 36.1. The highest BCUT2D eigenvalue weighted by Gasteiger charge is 2.27. The number of esters is 2. The highest BCUT2D eigenvalue weighted by atomic mass is 35.5. The molecule has 1 aliphatic heterocycles. The van der Waals surface area contributed by atoms with Gasteiger partial charge in [0, 0.05) is 18.0 Å². The largest absolute Gasteiger partial charge is 0.462 e. The lowest BCUT2D eigenvalue weighted by Gasteiger charge is -2.29. The van der Waals surface area contributed by atoms with Crippen LogP contribution in [0.1, 0.15) is 136 Å². The number of hydrogen-bond donors (Lipinski definition) is 0. The predicted molar refractivity (Wildman–Crippen MR) is 160 cm³/mol. The van der Waals surface area contributed by atoms with Crippen molar-refractivity contribution in [1.82, 2.24) is 5.17 Å². The van der Waals surface area contributed by atoms with Gasteiger partial charge in [0.1, 0.15) is 6.61 Å². The number of amides is 1. The molecular weight excluding hydrogens is 532 g/mol. The SMILES string of the molecule is CCCCCC1=NN(C(=O)CCOC(=O)[C@H](C)OC(=O)C/C=C/CCCCCCCCCl)O[C@H](CCCCC)C1. The highest BCUT2D eigenvalue weighted by molar-refractivity contribution is 6.17. The highest BCUT2D eigenvalue weighted by Crippen LogP contribution is 2.21. The van der Waals surface area contributed by atoms with Crippen LogP contribution in [0.3, 0.4) is 0 Å². The van der Waals surface area contributed by atoms with Gasteiger partial charge < -0.3 is 9.47 Å². The van der Waals surface area contributed by atoms with Gasteiger partial charge in [0.25, 0.3) is 5.91 Å². The molecule has 0 aromatic rings. The zero-order valence-corrected chi connectivity index (χ0v) is 25.9. The van der Waals surface area contributed by atoms with Crippen molar-refractivity contribution in [3.05, 3.63) is 12.2 Å². The predicted octanol–water partition coefficient (Wildman–Crippen LogP) is 7.82. The van der Waals surface area contributed by atoms with Crippen LogP contribution >= 0.6 is 11.6 Å². The van der Waals surface area contributed by atoms with Crippen LogP contribution in [0.25, 0.3) is 0 Å². The molecule has 0 bridgehead atoms. The average molecular weight is 585 g/mol. The van der Waals surface area contributed by atoms with Gasteiger partial charge in [0.05, 0.1) is 18.9 Å². The number of allylic oxidation sites excluding steroid dienone is 1. The van der Waals surface area contributed by atoms with Crippen molar-refractivity contribution >= 4 is 35.2 Å². The van der Waals surface area contributed by atoms with Gasteiger partial charge in [-0.25, -0.2) is 9.63 Å². The molecule has 8 nitrogen and oxygen atoms in total. The maximum atomic E-state index is 12.8. The second kappa shape index (κ2) is 23.7. The van der Waals surface area contributed by atoms with Gasteiger partial charge >= 0.3 is 11.9 Å². The van der Waals surface area contributed by atoms with Crippen molar-refractivity contribution in [2.45, 2.75) is 149 Å². The topological polar surface area (TPSA) is 94.5 Å². The number of ether oxygens (including phenoxy) is 2. The molecular formula is C31H53ClN2O6. The van der Waals surface area contributed by atoms with Crippen LogP contribution in [0.2, 0.25) is 0 Å². The first-order chi connectivity index (χ1) is 19.4. The van der Waals surface area contributed by atoms with Crippen molar-refractivity contribution in [3.8, 4) is 0 Å². The van der Waals surface area contributed by atoms with Crippen LogP contribution in [-0.2, 0) is 28.7 Å². The summed E-state index contributed by atoms with van der Waals surface area (Å²) < 4.78 is 10.4. The van der Waals surface area contributed by atoms with Crippen LogP contribution in [0, 0.1) is 0 Å². The van der Waals surface area contributed by atoms with Gasteiger partial charge in [-0.05, 0) is 45.4 Å². The van der Waals surface area contributed by atoms with E-state index in [-0.39, 0.29) is 31.5 Å². The van der Waals surface area contributed by atoms with Crippen molar-refractivity contribution < 1.29 is 28.7 Å². The Morgan fingerprint density at radius 2 is 1.70 bits per heavy atom. The lowest BCUT2D eigenvalue weighted by atomic mass is 10.0. The molecule has 0 saturated heterocycles. The zero-order valence-electron chi connectivity index (χ0n) is 25.2. The molecule has 2 atom stereocenters. The van der Waals surface area contributed by atoms with E-state index in [1.165, 1.54) is 32.6 Å². The standard InChI is InChI=1S/C31H53ClN2O6/c1-4-6-15-19-27-25-28(20-16-7-5-2)40-34(33-27)29(35)22-24-38-31(37)26(3)39-30(36)21-17-13-11-9-8-10-12-14-18-23-32/h13,17,26,28H,4-12,14-16,18-25H2,1-3H3/b17-13+/t26-,28+/m0/s1. The van der Waals surface area contributed by atoms with Gasteiger partial charge in [-0.3, -0.25) is 9.59 Å². The number of hydrazone groups is 1. The molecule has 0 N–H and O–H groups in total. The minimum atomic E-state index is -1.04. The third-order valence-corrected chi connectivity index (χ3v) is 7.03. The third-order valence-electron chi connectivity index (χ3n) is 6.76. The number of hydroxylamine groups is 1. The molecule has 0 fully saturated rings. The number of carbonyl (C=O) groups excluding carboxylic acids is 3. The fourth-order valence-corrected chi connectivity index (χ4v) is 4.55. The van der Waals surface area contributed by atoms with E-state index in [2.05, 4.69) is 18.9 Å². The lowest BCUT2D eigenvalue weighted by molar-refractivity contribution is -0.213. The van der Waals surface area contributed by atoms with Gasteiger partial charge in [-0.1, -0.05) is 83.8 Å². The Kier molecular flexibility index (Phi) is 21.4. The molecule has 0 saturated carbocycles. The summed E-state index contributed by atoms with van der Waals surface area (Å²) in [6.45, 7) is 5.65. The van der Waals surface area contributed by atoms with Crippen molar-refractivity contribution in [2.24, 2.45) is 5.10 Å². The Balaban J connectivity index is 2.34. The molecule has 0 radical (unpaired) electrons. The Labute approximate surface area is 247 Å². The Morgan fingerprint density at radius 1 is 1.00 bits per heavy atom. The number of hydrogen-bond acceptors (Lipinski definition) is 7. The molecule has 1 aliphatic rings. The first-order valence-corrected chi connectivity index (χ1v) is 16.1. The van der Waals surface area contributed by atoms with Gasteiger partial charge in [-0.15, -0.1) is 16.8 Å². The van der Waals surface area contributed by atoms with Gasteiger partial charge in [-0.2, -0.15) is 5.10 Å². The van der Waals surface area contributed by atoms with E-state index in [4.69, 9.17) is 25.9 Å². The number of rotatable bonds is 23. The zero-order chi connectivity index (χ0) is 29.4. The Hall–Kier alpha value is -1.93. The first-order valence-electron chi connectivity index (χ1n) is 15.5. The van der Waals surface area contributed by atoms with Crippen LogP contribution < -0.4 is 0 Å². The van der Waals surface area contributed by atoms with Gasteiger partial charge in [0.15, 0.2) is 6.10 Å². The Bertz CT molecular complexity index is 773. The van der Waals surface area contributed by atoms with E-state index in [0.717, 1.165) is 93.8 Å². The van der Waals surface area contributed by atoms with Crippen LogP contribution in [0.4, 0.5) is 0 Å². The summed E-state index contributed by atoms with van der Waals surface area (Å²) in [6, 6.07) is 0. The normalized spacial score (nSPS) is 16.1. The summed E-state index contributed by atoms with van der Waals surface area (Å²) in [7, 11) is 0. The van der Waals surface area contributed by atoms with E-state index >= 15 is 0 Å². The molecule has 0 aliphatic carbocycles. The minimum absolute atomic E-state index is 0.0602. The minimum Gasteiger partial charge on any atom is -0.462 e. The van der Waals surface area contributed by atoms with Crippen LogP contribution in [0.15, 0.2) is 17.3 Å². The smallest absolute Gasteiger partial charge is 0.347 e. The maximum Gasteiger partial charge on any atom is 0.347 e. The maximum absolute atomic E-state index is 12.8. The van der Waals surface area contributed by atoms with Crippen molar-refractivity contribution in [3.63, 3.8) is 0 Å². The summed E-state index contributed by atoms with van der Waals surface area (Å²) in [5, 5.41) is 5.52. The quantitative estimate of drug-likeness (QED) is 0.0526. The summed E-state index contributed by atoms with van der Waals surface area (Å²) in [4.78, 5) is 42.9. The molecule has 1 heterocycles. The number of alkyl halides is 1. The second-order valence-corrected chi connectivity index (χ2v) is 10.9. The van der Waals surface area contributed by atoms with Crippen molar-refractivity contribution in [1.29, 1.82) is 0 Å². The van der Waals surface area contributed by atoms with Crippen LogP contribution in [-0.4, -0.2) is 53.4 Å². The number of carbonyl (C=O) groups is 3. The summed E-state index contributed by atoms with van der Waals surface area (Å²) in [6.07, 6.45) is 19.6. The Morgan fingerprint density at radius 3 is 2.42 bits per heavy atom. The fourth-order valence-electron chi connectivity index (χ4n) is 4.36. The molecule has 230 valence electrons. The third kappa shape index (κ3) is 17.7. The molecule has 1 rings (SSSR count). The number of nitrogens with zero attached hydrogens (tertiary/aromatic N) is 2. The molecule has 1 amide bonds. The van der Waals surface area contributed by atoms with Crippen molar-refractivity contribution in [2.75, 3.05) is 12.5 Å². The second-order valence-electron chi connectivity index (χ2n) is 10.5. The fraction of sp³-hybridized carbons (Fsp3) is 0.806. The van der Waals surface area contributed by atoms with Gasteiger partial charge in [0.2, 0.25) is 0 Å². The monoisotopic (exact) mass is 584 g/mol. The van der Waals surface area contributed by atoms with E-state index in [0.29, 0.717) is 0 Å². The number of unbranched alkanes of at least 4 members (excludes halogenated alkanes) is 10.